The predicted octanol–water partition coefficient (Wildman–Crippen LogP) is 11.4. The number of rotatable bonds is 10. The van der Waals surface area contributed by atoms with E-state index in [2.05, 4.69) is 49.5 Å². The molecule has 1 heterocycles. The minimum atomic E-state index is -0.765. The lowest BCUT2D eigenvalue weighted by molar-refractivity contribution is 0.490. The molecule has 3 aromatic carbocycles. The maximum atomic E-state index is 14.5. The van der Waals surface area contributed by atoms with E-state index in [1.54, 1.807) is 19.1 Å². The first-order valence-electron chi connectivity index (χ1n) is 14.4. The van der Waals surface area contributed by atoms with Crippen molar-refractivity contribution in [1.29, 1.82) is 0 Å². The van der Waals surface area contributed by atoms with E-state index < -0.39 is 11.6 Å². The quantitative estimate of drug-likeness (QED) is 0.144. The molecule has 0 fully saturated rings. The first-order chi connectivity index (χ1) is 19.7. The molecule has 0 saturated heterocycles. The molecule has 1 N–H and O–H groups in total. The zero-order chi connectivity index (χ0) is 29.9. The molecule has 0 bridgehead atoms. The Kier molecular flexibility index (Phi) is 12.1. The lowest BCUT2D eigenvalue weighted by atomic mass is 9.91. The summed E-state index contributed by atoms with van der Waals surface area (Å²) in [5.74, 6) is -1.79. The largest absolute Gasteiger partial charge is 0.358 e. The summed E-state index contributed by atoms with van der Waals surface area (Å²) in [5, 5.41) is 1.74. The Hall–Kier alpha value is -3.50. The first-order valence-corrected chi connectivity index (χ1v) is 14.7. The van der Waals surface area contributed by atoms with Crippen molar-refractivity contribution in [2.24, 2.45) is 4.99 Å². The summed E-state index contributed by atoms with van der Waals surface area (Å²) in [4.78, 5) is 7.77. The van der Waals surface area contributed by atoms with Crippen LogP contribution in [0.1, 0.15) is 87.2 Å². The highest BCUT2D eigenvalue weighted by atomic mass is 35.5. The molecule has 1 atom stereocenters. The highest BCUT2D eigenvalue weighted by molar-refractivity contribution is 6.31. The van der Waals surface area contributed by atoms with Crippen LogP contribution in [0.2, 0.25) is 5.02 Å². The monoisotopic (exact) mass is 574 g/mol. The van der Waals surface area contributed by atoms with Crippen LogP contribution in [0.4, 0.5) is 8.78 Å². The van der Waals surface area contributed by atoms with Crippen LogP contribution in [-0.2, 0) is 6.42 Å². The third kappa shape index (κ3) is 8.50. The van der Waals surface area contributed by atoms with Gasteiger partial charge in [-0.15, -0.1) is 0 Å². The Morgan fingerprint density at radius 2 is 1.76 bits per heavy atom. The molecular formula is C36H41ClF2N2. The molecular weight excluding hydrogens is 534 g/mol. The van der Waals surface area contributed by atoms with Gasteiger partial charge in [0, 0.05) is 39.4 Å². The second kappa shape index (κ2) is 15.5. The summed E-state index contributed by atoms with van der Waals surface area (Å²) in [7, 11) is 0. The maximum absolute atomic E-state index is 14.5. The Morgan fingerprint density at radius 1 is 1.02 bits per heavy atom. The minimum absolute atomic E-state index is 0.270. The Labute approximate surface area is 248 Å². The maximum Gasteiger partial charge on any atom is 0.162 e. The van der Waals surface area contributed by atoms with Gasteiger partial charge in [-0.3, -0.25) is 4.99 Å². The van der Waals surface area contributed by atoms with Crippen molar-refractivity contribution in [3.05, 3.63) is 124 Å². The predicted molar refractivity (Wildman–Crippen MR) is 173 cm³/mol. The van der Waals surface area contributed by atoms with Gasteiger partial charge in [0.15, 0.2) is 11.6 Å². The molecule has 0 spiro atoms. The van der Waals surface area contributed by atoms with Crippen molar-refractivity contribution in [3.8, 4) is 0 Å². The number of aryl methyl sites for hydroxylation is 2. The van der Waals surface area contributed by atoms with Gasteiger partial charge in [-0.1, -0.05) is 94.3 Å². The standard InChI is InChI=1S/C21H22ClF2N.C15H19N/c1-4-5-6-16-17-11-14(22)8-10-18(17)25-21(16)13(3)15-9-7-12(2)19(23)20(15)24;1-4-8-14(3)16-12-11-13(2)15-9-6-5-7-10-15/h7-11,13,25H,4-6H2,1-3H3;5-7,9-12H,2,4,8H2,1,3H3/b;12-11-,16-14?. The molecule has 5 heteroatoms. The van der Waals surface area contributed by atoms with Gasteiger partial charge in [-0.25, -0.2) is 8.78 Å². The summed E-state index contributed by atoms with van der Waals surface area (Å²) >= 11 is 6.17. The van der Waals surface area contributed by atoms with Crippen LogP contribution in [0, 0.1) is 18.6 Å². The van der Waals surface area contributed by atoms with Gasteiger partial charge in [-0.2, -0.15) is 0 Å². The third-order valence-electron chi connectivity index (χ3n) is 7.21. The van der Waals surface area contributed by atoms with Crippen molar-refractivity contribution < 1.29 is 8.78 Å². The first kappa shape index (κ1) is 32.0. The van der Waals surface area contributed by atoms with Gasteiger partial charge in [0.2, 0.25) is 0 Å². The fraction of sp³-hybridized carbons (Fsp3) is 0.306. The second-order valence-electron chi connectivity index (χ2n) is 10.5. The number of H-pyrrole nitrogens is 1. The van der Waals surface area contributed by atoms with Crippen LogP contribution in [0.3, 0.4) is 0 Å². The Morgan fingerprint density at radius 3 is 2.44 bits per heavy atom. The summed E-state index contributed by atoms with van der Waals surface area (Å²) < 4.78 is 28.5. The van der Waals surface area contributed by atoms with Gasteiger partial charge in [0.1, 0.15) is 0 Å². The number of nitrogens with zero attached hydrogens (tertiary/aromatic N) is 1. The molecule has 0 aliphatic rings. The fourth-order valence-electron chi connectivity index (χ4n) is 4.81. The molecule has 1 unspecified atom stereocenters. The van der Waals surface area contributed by atoms with E-state index in [0.29, 0.717) is 16.1 Å². The third-order valence-corrected chi connectivity index (χ3v) is 7.45. The van der Waals surface area contributed by atoms with Crippen LogP contribution in [0.15, 0.2) is 84.5 Å². The van der Waals surface area contributed by atoms with E-state index in [1.807, 2.05) is 55.6 Å². The topological polar surface area (TPSA) is 28.1 Å². The zero-order valence-electron chi connectivity index (χ0n) is 24.8. The molecule has 2 nitrogen and oxygen atoms in total. The van der Waals surface area contributed by atoms with E-state index >= 15 is 0 Å². The summed E-state index contributed by atoms with van der Waals surface area (Å²) in [6.45, 7) is 13.8. The van der Waals surface area contributed by atoms with E-state index in [1.165, 1.54) is 5.71 Å². The number of hydrogen-bond donors (Lipinski definition) is 1. The van der Waals surface area contributed by atoms with Crippen molar-refractivity contribution in [2.75, 3.05) is 0 Å². The molecule has 0 amide bonds. The van der Waals surface area contributed by atoms with Gasteiger partial charge in [0.05, 0.1) is 0 Å². The van der Waals surface area contributed by atoms with E-state index in [4.69, 9.17) is 11.6 Å². The van der Waals surface area contributed by atoms with Crippen molar-refractivity contribution in [3.63, 3.8) is 0 Å². The van der Waals surface area contributed by atoms with Gasteiger partial charge in [0.25, 0.3) is 0 Å². The number of aliphatic imine (C=N–C) groups is 1. The molecule has 0 saturated carbocycles. The van der Waals surface area contributed by atoms with Gasteiger partial charge >= 0.3 is 0 Å². The molecule has 0 aliphatic heterocycles. The molecule has 216 valence electrons. The second-order valence-corrected chi connectivity index (χ2v) is 10.9. The van der Waals surface area contributed by atoms with E-state index in [-0.39, 0.29) is 5.92 Å². The minimum Gasteiger partial charge on any atom is -0.358 e. The van der Waals surface area contributed by atoms with Crippen LogP contribution in [-0.4, -0.2) is 10.7 Å². The lowest BCUT2D eigenvalue weighted by Crippen LogP contribution is -2.05. The Bertz CT molecular complexity index is 1520. The SMILES string of the molecule is C=C(/C=C\N=C(C)CCC)c1ccccc1.CCCCc1c(C(C)c2ccc(C)c(F)c2F)[nH]c2ccc(Cl)cc12. The average molecular weight is 575 g/mol. The number of aromatic amines is 1. The van der Waals surface area contributed by atoms with Gasteiger partial charge < -0.3 is 4.98 Å². The van der Waals surface area contributed by atoms with Crippen LogP contribution in [0.5, 0.6) is 0 Å². The van der Waals surface area contributed by atoms with Crippen molar-refractivity contribution in [2.45, 2.75) is 72.6 Å². The number of allylic oxidation sites excluding steroid dienone is 2. The Balaban J connectivity index is 0.000000250. The number of aromatic nitrogens is 1. The summed E-state index contributed by atoms with van der Waals surface area (Å²) in [6.07, 6.45) is 8.96. The molecule has 0 radical (unpaired) electrons. The van der Waals surface area contributed by atoms with Crippen LogP contribution in [0.25, 0.3) is 16.5 Å². The molecule has 0 aliphatic carbocycles. The summed E-state index contributed by atoms with van der Waals surface area (Å²) in [6, 6.07) is 19.2. The van der Waals surface area contributed by atoms with E-state index in [0.717, 1.165) is 65.4 Å². The summed E-state index contributed by atoms with van der Waals surface area (Å²) in [5.41, 5.74) is 7.06. The molecule has 4 aromatic rings. The van der Waals surface area contributed by atoms with Crippen molar-refractivity contribution in [1.82, 2.24) is 4.98 Å². The van der Waals surface area contributed by atoms with Crippen molar-refractivity contribution >= 4 is 33.8 Å². The number of benzene rings is 3. The number of nitrogens with one attached hydrogen (secondary N) is 1. The number of fused-ring (bicyclic) bond motifs is 1. The molecule has 1 aromatic heterocycles. The van der Waals surface area contributed by atoms with Crippen LogP contribution >= 0.6 is 11.6 Å². The highest BCUT2D eigenvalue weighted by Crippen LogP contribution is 2.35. The highest BCUT2D eigenvalue weighted by Gasteiger charge is 2.22. The fourth-order valence-corrected chi connectivity index (χ4v) is 4.99. The molecule has 41 heavy (non-hydrogen) atoms. The van der Waals surface area contributed by atoms with E-state index in [9.17, 15) is 8.78 Å². The smallest absolute Gasteiger partial charge is 0.162 e. The van der Waals surface area contributed by atoms with Gasteiger partial charge in [-0.05, 0) is 85.2 Å². The zero-order valence-corrected chi connectivity index (χ0v) is 25.6. The number of hydrogen-bond acceptors (Lipinski definition) is 1. The number of unbranched alkanes of at least 4 members (excludes halogenated alkanes) is 1. The normalized spacial score (nSPS) is 12.4. The number of halogens is 3. The van der Waals surface area contributed by atoms with Crippen LogP contribution < -0.4 is 0 Å². The lowest BCUT2D eigenvalue weighted by Gasteiger charge is -2.15. The molecule has 4 rings (SSSR count). The average Bonchev–Trinajstić information content (AvgIpc) is 3.33.